The van der Waals surface area contributed by atoms with Gasteiger partial charge in [0.15, 0.2) is 0 Å². The Hall–Kier alpha value is -0.420. The number of piperidine rings is 1. The maximum atomic E-state index is 8.15. The second-order valence-electron chi connectivity index (χ2n) is 3.88. The van der Waals surface area contributed by atoms with Crippen LogP contribution >= 0.6 is 31.9 Å². The zero-order chi connectivity index (χ0) is 11.5. The van der Waals surface area contributed by atoms with Crippen molar-refractivity contribution in [2.75, 3.05) is 13.1 Å². The number of nitrogens with zero attached hydrogens (tertiary/aromatic N) is 2. The number of nitrogens with one attached hydrogen (secondary N) is 1. The van der Waals surface area contributed by atoms with E-state index in [1.54, 1.807) is 6.20 Å². The van der Waals surface area contributed by atoms with Crippen LogP contribution in [0.1, 0.15) is 25.0 Å². The minimum Gasteiger partial charge on any atom is -0.355 e. The third-order valence-electron chi connectivity index (χ3n) is 2.70. The van der Waals surface area contributed by atoms with E-state index in [1.807, 2.05) is 6.07 Å². The van der Waals surface area contributed by atoms with Crippen LogP contribution in [0.25, 0.3) is 0 Å². The Morgan fingerprint density at radius 1 is 1.25 bits per heavy atom. The molecule has 0 spiro atoms. The van der Waals surface area contributed by atoms with E-state index in [9.17, 15) is 0 Å². The molecule has 1 aliphatic heterocycles. The lowest BCUT2D eigenvalue weighted by Crippen LogP contribution is -2.36. The summed E-state index contributed by atoms with van der Waals surface area (Å²) < 4.78 is 1.80. The van der Waals surface area contributed by atoms with E-state index in [0.717, 1.165) is 27.7 Å². The highest BCUT2D eigenvalue weighted by atomic mass is 79.9. The van der Waals surface area contributed by atoms with Gasteiger partial charge in [-0.1, -0.05) is 0 Å². The third-order valence-corrected chi connectivity index (χ3v) is 3.74. The van der Waals surface area contributed by atoms with Crippen LogP contribution < -0.4 is 0 Å². The van der Waals surface area contributed by atoms with Crippen LogP contribution in [-0.2, 0) is 0 Å². The van der Waals surface area contributed by atoms with E-state index in [4.69, 9.17) is 5.41 Å². The minimum absolute atomic E-state index is 0.527. The molecule has 3 nitrogen and oxygen atoms in total. The molecular weight excluding hydrogens is 334 g/mol. The number of likely N-dealkylation sites (tertiary alicyclic amines) is 1. The van der Waals surface area contributed by atoms with Crippen molar-refractivity contribution < 1.29 is 0 Å². The summed E-state index contributed by atoms with van der Waals surface area (Å²) in [6.45, 7) is 1.95. The molecule has 0 bridgehead atoms. The smallest absolute Gasteiger partial charge is 0.148 e. The second kappa shape index (κ2) is 5.27. The maximum Gasteiger partial charge on any atom is 0.148 e. The van der Waals surface area contributed by atoms with Gasteiger partial charge in [-0.05, 0) is 57.2 Å². The molecule has 1 fully saturated rings. The summed E-state index contributed by atoms with van der Waals surface area (Å²) in [7, 11) is 0. The van der Waals surface area contributed by atoms with Gasteiger partial charge >= 0.3 is 0 Å². The first-order valence-corrected chi connectivity index (χ1v) is 6.92. The van der Waals surface area contributed by atoms with Crippen LogP contribution in [0.3, 0.4) is 0 Å². The second-order valence-corrected chi connectivity index (χ2v) is 5.65. The molecule has 1 aliphatic rings. The number of rotatable bonds is 1. The summed E-state index contributed by atoms with van der Waals surface area (Å²) in [6.07, 6.45) is 5.37. The molecule has 1 aromatic heterocycles. The van der Waals surface area contributed by atoms with Gasteiger partial charge in [-0.15, -0.1) is 0 Å². The molecule has 0 atom stereocenters. The number of pyridine rings is 1. The van der Waals surface area contributed by atoms with Gasteiger partial charge in [0.25, 0.3) is 0 Å². The lowest BCUT2D eigenvalue weighted by atomic mass is 10.1. The highest BCUT2D eigenvalue weighted by molar-refractivity contribution is 9.11. The molecule has 0 saturated carbocycles. The SMILES string of the molecule is N=C(c1ncc(Br)cc1Br)N1CCCCC1. The van der Waals surface area contributed by atoms with Gasteiger partial charge in [-0.3, -0.25) is 10.4 Å². The molecule has 0 aromatic carbocycles. The zero-order valence-corrected chi connectivity index (χ0v) is 12.0. The van der Waals surface area contributed by atoms with Gasteiger partial charge < -0.3 is 4.90 Å². The molecule has 1 N–H and O–H groups in total. The van der Waals surface area contributed by atoms with Crippen molar-refractivity contribution in [1.82, 2.24) is 9.88 Å². The highest BCUT2D eigenvalue weighted by Gasteiger charge is 2.17. The summed E-state index contributed by atoms with van der Waals surface area (Å²) in [5, 5.41) is 8.15. The first kappa shape index (κ1) is 12.0. The van der Waals surface area contributed by atoms with Crippen molar-refractivity contribution in [3.05, 3.63) is 26.9 Å². The average molecular weight is 347 g/mol. The summed E-state index contributed by atoms with van der Waals surface area (Å²) in [4.78, 5) is 6.39. The highest BCUT2D eigenvalue weighted by Crippen LogP contribution is 2.22. The van der Waals surface area contributed by atoms with Crippen molar-refractivity contribution in [3.8, 4) is 0 Å². The normalized spacial score (nSPS) is 16.2. The van der Waals surface area contributed by atoms with Crippen LogP contribution in [-0.4, -0.2) is 28.8 Å². The predicted molar refractivity (Wildman–Crippen MR) is 71.9 cm³/mol. The topological polar surface area (TPSA) is 40.0 Å². The largest absolute Gasteiger partial charge is 0.355 e. The van der Waals surface area contributed by atoms with Crippen LogP contribution in [0.2, 0.25) is 0 Å². The Morgan fingerprint density at radius 2 is 1.94 bits per heavy atom. The monoisotopic (exact) mass is 345 g/mol. The fourth-order valence-corrected chi connectivity index (χ4v) is 3.03. The zero-order valence-electron chi connectivity index (χ0n) is 8.84. The molecule has 2 heterocycles. The molecule has 1 saturated heterocycles. The molecule has 2 rings (SSSR count). The standard InChI is InChI=1S/C11H13Br2N3/c12-8-6-9(13)10(15-7-8)11(14)16-4-2-1-3-5-16/h6-7,14H,1-5H2. The predicted octanol–water partition coefficient (Wildman–Crippen LogP) is 3.42. The third kappa shape index (κ3) is 2.63. The average Bonchev–Trinajstić information content (AvgIpc) is 2.29. The van der Waals surface area contributed by atoms with Gasteiger partial charge in [0, 0.05) is 28.2 Å². The first-order chi connectivity index (χ1) is 7.68. The quantitative estimate of drug-likeness (QED) is 0.625. The number of amidine groups is 1. The molecule has 0 aliphatic carbocycles. The molecule has 0 radical (unpaired) electrons. The van der Waals surface area contributed by atoms with Crippen LogP contribution in [0.4, 0.5) is 0 Å². The summed E-state index contributed by atoms with van der Waals surface area (Å²) in [5.74, 6) is 0.527. The molecule has 1 aromatic rings. The van der Waals surface area contributed by atoms with E-state index in [-0.39, 0.29) is 0 Å². The maximum absolute atomic E-state index is 8.15. The molecular formula is C11H13Br2N3. The number of halogens is 2. The van der Waals surface area contributed by atoms with Crippen LogP contribution in [0.5, 0.6) is 0 Å². The van der Waals surface area contributed by atoms with Gasteiger partial charge in [0.2, 0.25) is 0 Å². The molecule has 16 heavy (non-hydrogen) atoms. The number of hydrogen-bond donors (Lipinski definition) is 1. The van der Waals surface area contributed by atoms with E-state index >= 15 is 0 Å². The minimum atomic E-state index is 0.527. The molecule has 0 unspecified atom stereocenters. The van der Waals surface area contributed by atoms with Crippen molar-refractivity contribution in [3.63, 3.8) is 0 Å². The van der Waals surface area contributed by atoms with Crippen molar-refractivity contribution in [2.24, 2.45) is 0 Å². The van der Waals surface area contributed by atoms with E-state index in [2.05, 4.69) is 41.7 Å². The fourth-order valence-electron chi connectivity index (χ4n) is 1.86. The number of aromatic nitrogens is 1. The summed E-state index contributed by atoms with van der Waals surface area (Å²) in [5.41, 5.74) is 0.727. The van der Waals surface area contributed by atoms with Gasteiger partial charge in [-0.25, -0.2) is 0 Å². The molecule has 0 amide bonds. The Bertz CT molecular complexity index is 400. The number of hydrogen-bond acceptors (Lipinski definition) is 2. The lowest BCUT2D eigenvalue weighted by molar-refractivity contribution is 0.340. The van der Waals surface area contributed by atoms with Crippen molar-refractivity contribution in [2.45, 2.75) is 19.3 Å². The van der Waals surface area contributed by atoms with Gasteiger partial charge in [-0.2, -0.15) is 0 Å². The molecule has 86 valence electrons. The van der Waals surface area contributed by atoms with Crippen molar-refractivity contribution in [1.29, 1.82) is 5.41 Å². The summed E-state index contributed by atoms with van der Waals surface area (Å²) >= 11 is 6.82. The Kier molecular flexibility index (Phi) is 3.97. The van der Waals surface area contributed by atoms with Crippen LogP contribution in [0, 0.1) is 5.41 Å². The first-order valence-electron chi connectivity index (χ1n) is 5.33. The fraction of sp³-hybridized carbons (Fsp3) is 0.455. The Morgan fingerprint density at radius 3 is 2.56 bits per heavy atom. The molecule has 5 heteroatoms. The van der Waals surface area contributed by atoms with Crippen LogP contribution in [0.15, 0.2) is 21.2 Å². The van der Waals surface area contributed by atoms with Gasteiger partial charge in [0.05, 0.1) is 0 Å². The van der Waals surface area contributed by atoms with Gasteiger partial charge in [0.1, 0.15) is 11.5 Å². The Balaban J connectivity index is 2.19. The van der Waals surface area contributed by atoms with E-state index < -0.39 is 0 Å². The Labute approximate surface area is 112 Å². The lowest BCUT2D eigenvalue weighted by Gasteiger charge is -2.28. The van der Waals surface area contributed by atoms with Crippen molar-refractivity contribution >= 4 is 37.7 Å². The van der Waals surface area contributed by atoms with E-state index in [0.29, 0.717) is 5.84 Å². The van der Waals surface area contributed by atoms with E-state index in [1.165, 1.54) is 19.3 Å². The summed E-state index contributed by atoms with van der Waals surface area (Å²) in [6, 6.07) is 1.93.